The van der Waals surface area contributed by atoms with Crippen LogP contribution in [0.15, 0.2) is 11.8 Å². The van der Waals surface area contributed by atoms with Crippen molar-refractivity contribution < 1.29 is 9.66 Å². The number of nitrogens with zero attached hydrogens (tertiary/aromatic N) is 1. The molecule has 0 bridgehead atoms. The molecule has 0 fully saturated rings. The van der Waals surface area contributed by atoms with Gasteiger partial charge in [-0.3, -0.25) is 10.1 Å². The number of nitro groups is 1. The van der Waals surface area contributed by atoms with Gasteiger partial charge in [-0.2, -0.15) is 0 Å². The summed E-state index contributed by atoms with van der Waals surface area (Å²) in [6.45, 7) is 0.864. The zero-order valence-corrected chi connectivity index (χ0v) is 4.87. The first-order valence-corrected chi connectivity index (χ1v) is 2.72. The summed E-state index contributed by atoms with van der Waals surface area (Å²) in [4.78, 5) is 9.68. The van der Waals surface area contributed by atoms with Crippen molar-refractivity contribution in [1.29, 1.82) is 0 Å². The van der Waals surface area contributed by atoms with Crippen LogP contribution in [0.3, 0.4) is 0 Å². The first-order chi connectivity index (χ1) is 4.30. The van der Waals surface area contributed by atoms with Crippen molar-refractivity contribution >= 4 is 0 Å². The number of hydrogen-bond acceptors (Lipinski definition) is 3. The third-order valence-electron chi connectivity index (χ3n) is 1.17. The van der Waals surface area contributed by atoms with Crippen LogP contribution >= 0.6 is 0 Å². The van der Waals surface area contributed by atoms with E-state index in [0.29, 0.717) is 19.6 Å². The highest BCUT2D eigenvalue weighted by atomic mass is 16.6. The van der Waals surface area contributed by atoms with E-state index in [-0.39, 0.29) is 10.6 Å². The molecule has 0 atom stereocenters. The van der Waals surface area contributed by atoms with Gasteiger partial charge in [0.1, 0.15) is 0 Å². The van der Waals surface area contributed by atoms with Gasteiger partial charge in [0.05, 0.1) is 24.6 Å². The fraction of sp³-hybridized carbons (Fsp3) is 0.600. The second-order valence-electron chi connectivity index (χ2n) is 1.78. The van der Waals surface area contributed by atoms with Gasteiger partial charge in [0, 0.05) is 6.08 Å². The van der Waals surface area contributed by atoms with E-state index < -0.39 is 0 Å². The number of hydrogen-bond donors (Lipinski definition) is 0. The maximum absolute atomic E-state index is 10.0. The second kappa shape index (κ2) is 2.59. The van der Waals surface area contributed by atoms with Gasteiger partial charge in [-0.15, -0.1) is 0 Å². The summed E-state index contributed by atoms with van der Waals surface area (Å²) in [7, 11) is 0. The first-order valence-electron chi connectivity index (χ1n) is 2.72. The van der Waals surface area contributed by atoms with E-state index >= 15 is 0 Å². The quantitative estimate of drug-likeness (QED) is 0.384. The van der Waals surface area contributed by atoms with Gasteiger partial charge in [-0.25, -0.2) is 0 Å². The van der Waals surface area contributed by atoms with Gasteiger partial charge in [0.25, 0.3) is 0 Å². The zero-order valence-electron chi connectivity index (χ0n) is 4.87. The Kier molecular flexibility index (Phi) is 1.79. The summed E-state index contributed by atoms with van der Waals surface area (Å²) < 4.78 is 4.87. The first kappa shape index (κ1) is 6.22. The van der Waals surface area contributed by atoms with Crippen molar-refractivity contribution in [3.05, 3.63) is 21.9 Å². The molecule has 1 aliphatic heterocycles. The molecule has 4 heteroatoms. The van der Waals surface area contributed by atoms with Crippen LogP contribution in [0.25, 0.3) is 0 Å². The summed E-state index contributed by atoms with van der Waals surface area (Å²) in [6.07, 6.45) is 1.94. The maximum Gasteiger partial charge on any atom is 0.246 e. The van der Waals surface area contributed by atoms with E-state index in [4.69, 9.17) is 4.74 Å². The summed E-state index contributed by atoms with van der Waals surface area (Å²) in [5.41, 5.74) is 0.279. The average Bonchev–Trinajstić information content (AvgIpc) is 1.90. The molecule has 1 heterocycles. The van der Waals surface area contributed by atoms with Gasteiger partial charge in [0.2, 0.25) is 5.70 Å². The molecule has 0 radical (unpaired) electrons. The summed E-state index contributed by atoms with van der Waals surface area (Å²) in [5.74, 6) is 0. The molecule has 50 valence electrons. The molecule has 0 saturated heterocycles. The van der Waals surface area contributed by atoms with Gasteiger partial charge in [-0.1, -0.05) is 0 Å². The number of ether oxygens (including phenoxy) is 1. The highest BCUT2D eigenvalue weighted by molar-refractivity contribution is 4.94. The lowest BCUT2D eigenvalue weighted by atomic mass is 10.3. The van der Waals surface area contributed by atoms with E-state index in [0.717, 1.165) is 0 Å². The summed E-state index contributed by atoms with van der Waals surface area (Å²) in [6, 6.07) is 0. The normalized spacial score (nSPS) is 18.9. The summed E-state index contributed by atoms with van der Waals surface area (Å²) in [5, 5.41) is 10.0. The van der Waals surface area contributed by atoms with Crippen molar-refractivity contribution in [2.75, 3.05) is 13.2 Å². The van der Waals surface area contributed by atoms with Crippen molar-refractivity contribution in [3.63, 3.8) is 0 Å². The van der Waals surface area contributed by atoms with E-state index in [9.17, 15) is 10.1 Å². The number of rotatable bonds is 1. The minimum absolute atomic E-state index is 0.279. The van der Waals surface area contributed by atoms with Crippen LogP contribution in [-0.4, -0.2) is 18.1 Å². The van der Waals surface area contributed by atoms with Crippen LogP contribution in [0, 0.1) is 10.1 Å². The summed E-state index contributed by atoms with van der Waals surface area (Å²) >= 11 is 0. The van der Waals surface area contributed by atoms with Crippen LogP contribution in [0.5, 0.6) is 0 Å². The Hall–Kier alpha value is -0.900. The smallest absolute Gasteiger partial charge is 0.246 e. The van der Waals surface area contributed by atoms with Gasteiger partial charge in [0.15, 0.2) is 0 Å². The maximum atomic E-state index is 10.0. The molecule has 0 spiro atoms. The minimum Gasteiger partial charge on any atom is -0.377 e. The van der Waals surface area contributed by atoms with Crippen LogP contribution < -0.4 is 0 Å². The highest BCUT2D eigenvalue weighted by Gasteiger charge is 2.12. The van der Waals surface area contributed by atoms with E-state index in [1.807, 2.05) is 0 Å². The lowest BCUT2D eigenvalue weighted by Crippen LogP contribution is -2.10. The van der Waals surface area contributed by atoms with E-state index in [1.165, 1.54) is 6.08 Å². The van der Waals surface area contributed by atoms with Crippen molar-refractivity contribution in [3.8, 4) is 0 Å². The molecule has 1 aliphatic rings. The molecule has 0 unspecified atom stereocenters. The second-order valence-corrected chi connectivity index (χ2v) is 1.78. The van der Waals surface area contributed by atoms with Crippen molar-refractivity contribution in [2.45, 2.75) is 6.42 Å². The van der Waals surface area contributed by atoms with Gasteiger partial charge >= 0.3 is 0 Å². The molecule has 0 saturated carbocycles. The molecule has 0 aromatic heterocycles. The molecule has 0 aliphatic carbocycles. The molecular formula is C5H7NO3. The molecule has 0 aromatic carbocycles. The fourth-order valence-corrected chi connectivity index (χ4v) is 0.683. The van der Waals surface area contributed by atoms with Crippen molar-refractivity contribution in [1.82, 2.24) is 0 Å². The molecular weight excluding hydrogens is 122 g/mol. The predicted molar refractivity (Wildman–Crippen MR) is 30.5 cm³/mol. The molecule has 0 aromatic rings. The van der Waals surface area contributed by atoms with Crippen LogP contribution in [0.2, 0.25) is 0 Å². The Balaban J connectivity index is 2.57. The molecule has 4 nitrogen and oxygen atoms in total. The lowest BCUT2D eigenvalue weighted by molar-refractivity contribution is -0.430. The zero-order chi connectivity index (χ0) is 6.69. The standard InChI is InChI=1S/C5H7NO3/c7-6(8)5-1-3-9-4-2-5/h1H,2-4H2. The van der Waals surface area contributed by atoms with Crippen LogP contribution in [0.1, 0.15) is 6.42 Å². The van der Waals surface area contributed by atoms with Crippen LogP contribution in [-0.2, 0) is 4.74 Å². The monoisotopic (exact) mass is 129 g/mol. The van der Waals surface area contributed by atoms with Gasteiger partial charge in [-0.05, 0) is 0 Å². The molecule has 0 amide bonds. The topological polar surface area (TPSA) is 52.4 Å². The Morgan fingerprint density at radius 1 is 1.78 bits per heavy atom. The molecule has 0 N–H and O–H groups in total. The lowest BCUT2D eigenvalue weighted by Gasteiger charge is -2.04. The van der Waals surface area contributed by atoms with Crippen molar-refractivity contribution in [2.24, 2.45) is 0 Å². The Bertz CT molecular complexity index is 152. The minimum atomic E-state index is -0.359. The van der Waals surface area contributed by atoms with E-state index in [1.54, 1.807) is 0 Å². The Morgan fingerprint density at radius 3 is 2.89 bits per heavy atom. The molecule has 9 heavy (non-hydrogen) atoms. The SMILES string of the molecule is O=[N+]([O-])C1=CCOCC1. The van der Waals surface area contributed by atoms with Gasteiger partial charge < -0.3 is 4.74 Å². The third-order valence-corrected chi connectivity index (χ3v) is 1.17. The Morgan fingerprint density at radius 2 is 2.56 bits per heavy atom. The fourth-order valence-electron chi connectivity index (χ4n) is 0.683. The Labute approximate surface area is 52.3 Å². The molecule has 1 rings (SSSR count). The average molecular weight is 129 g/mol. The predicted octanol–water partition coefficient (Wildman–Crippen LogP) is 0.567. The third kappa shape index (κ3) is 1.50. The van der Waals surface area contributed by atoms with Crippen LogP contribution in [0.4, 0.5) is 0 Å². The highest BCUT2D eigenvalue weighted by Crippen LogP contribution is 2.06. The largest absolute Gasteiger partial charge is 0.377 e. The van der Waals surface area contributed by atoms with E-state index in [2.05, 4.69) is 0 Å².